The highest BCUT2D eigenvalue weighted by Crippen LogP contribution is 2.14. The van der Waals surface area contributed by atoms with E-state index in [1.54, 1.807) is 13.0 Å². The van der Waals surface area contributed by atoms with Crippen molar-refractivity contribution in [2.24, 2.45) is 0 Å². The first-order valence-corrected chi connectivity index (χ1v) is 6.15. The SMILES string of the molecule is CCOC(=O)NC(=O)/C(C#N)=C/c1ccc(C)cc1C. The predicted molar refractivity (Wildman–Crippen MR) is 74.7 cm³/mol. The number of carbonyl (C=O) groups is 2. The van der Waals surface area contributed by atoms with Gasteiger partial charge in [0.2, 0.25) is 0 Å². The molecule has 0 aromatic heterocycles. The van der Waals surface area contributed by atoms with Crippen molar-refractivity contribution >= 4 is 18.1 Å². The van der Waals surface area contributed by atoms with Gasteiger partial charge in [0.1, 0.15) is 11.6 Å². The van der Waals surface area contributed by atoms with Crippen molar-refractivity contribution in [2.45, 2.75) is 20.8 Å². The number of nitrogens with zero attached hydrogens (tertiary/aromatic N) is 1. The maximum atomic E-state index is 11.7. The Morgan fingerprint density at radius 2 is 2.10 bits per heavy atom. The van der Waals surface area contributed by atoms with E-state index in [1.807, 2.05) is 37.4 Å². The molecule has 0 aliphatic heterocycles. The number of aryl methyl sites for hydroxylation is 2. The zero-order chi connectivity index (χ0) is 15.1. The van der Waals surface area contributed by atoms with Gasteiger partial charge in [-0.25, -0.2) is 4.79 Å². The molecule has 0 atom stereocenters. The molecule has 1 rings (SSSR count). The highest BCUT2D eigenvalue weighted by molar-refractivity contribution is 6.08. The molecule has 0 heterocycles. The number of hydrogen-bond donors (Lipinski definition) is 1. The number of carbonyl (C=O) groups excluding carboxylic acids is 2. The van der Waals surface area contributed by atoms with Crippen LogP contribution in [0.25, 0.3) is 6.08 Å². The lowest BCUT2D eigenvalue weighted by molar-refractivity contribution is -0.116. The van der Waals surface area contributed by atoms with Crippen molar-refractivity contribution in [3.05, 3.63) is 40.5 Å². The molecule has 1 aromatic rings. The van der Waals surface area contributed by atoms with E-state index in [-0.39, 0.29) is 12.2 Å². The van der Waals surface area contributed by atoms with Crippen LogP contribution < -0.4 is 5.32 Å². The Hall–Kier alpha value is -2.61. The van der Waals surface area contributed by atoms with Gasteiger partial charge in [0, 0.05) is 0 Å². The molecule has 0 saturated carbocycles. The standard InChI is InChI=1S/C15H16N2O3/c1-4-20-15(19)17-14(18)13(9-16)8-12-6-5-10(2)7-11(12)3/h5-8H,4H2,1-3H3,(H,17,18,19)/b13-8+. The minimum atomic E-state index is -0.862. The summed E-state index contributed by atoms with van der Waals surface area (Å²) in [6.07, 6.45) is 0.586. The normalized spacial score (nSPS) is 10.6. The summed E-state index contributed by atoms with van der Waals surface area (Å²) >= 11 is 0. The second-order valence-corrected chi connectivity index (χ2v) is 4.20. The van der Waals surface area contributed by atoms with E-state index >= 15 is 0 Å². The van der Waals surface area contributed by atoms with Gasteiger partial charge in [0.15, 0.2) is 0 Å². The molecule has 1 aromatic carbocycles. The van der Waals surface area contributed by atoms with Crippen LogP contribution in [0.4, 0.5) is 4.79 Å². The van der Waals surface area contributed by atoms with Crippen LogP contribution in [0, 0.1) is 25.2 Å². The molecule has 2 amide bonds. The predicted octanol–water partition coefficient (Wildman–Crippen LogP) is 2.48. The van der Waals surface area contributed by atoms with Gasteiger partial charge in [-0.1, -0.05) is 23.8 Å². The van der Waals surface area contributed by atoms with Crippen molar-refractivity contribution in [1.82, 2.24) is 5.32 Å². The van der Waals surface area contributed by atoms with Crippen molar-refractivity contribution in [3.63, 3.8) is 0 Å². The van der Waals surface area contributed by atoms with Gasteiger partial charge in [0.05, 0.1) is 6.61 Å². The third-order valence-electron chi connectivity index (χ3n) is 2.58. The van der Waals surface area contributed by atoms with Crippen LogP contribution in [0.2, 0.25) is 0 Å². The minimum absolute atomic E-state index is 0.148. The van der Waals surface area contributed by atoms with E-state index in [0.29, 0.717) is 0 Å². The third kappa shape index (κ3) is 4.25. The minimum Gasteiger partial charge on any atom is -0.450 e. The van der Waals surface area contributed by atoms with Gasteiger partial charge >= 0.3 is 6.09 Å². The number of nitrogens with one attached hydrogen (secondary N) is 1. The van der Waals surface area contributed by atoms with Crippen LogP contribution in [-0.2, 0) is 9.53 Å². The van der Waals surface area contributed by atoms with Crippen LogP contribution in [0.3, 0.4) is 0 Å². The summed E-state index contributed by atoms with van der Waals surface area (Å²) in [7, 11) is 0. The highest BCUT2D eigenvalue weighted by Gasteiger charge is 2.13. The maximum Gasteiger partial charge on any atom is 0.414 e. The van der Waals surface area contributed by atoms with Crippen LogP contribution in [0.5, 0.6) is 0 Å². The van der Waals surface area contributed by atoms with E-state index in [1.165, 1.54) is 6.08 Å². The van der Waals surface area contributed by atoms with E-state index in [9.17, 15) is 9.59 Å². The maximum absolute atomic E-state index is 11.7. The van der Waals surface area contributed by atoms with Gasteiger partial charge in [-0.3, -0.25) is 10.1 Å². The molecular formula is C15H16N2O3. The largest absolute Gasteiger partial charge is 0.450 e. The Kier molecular flexibility index (Phi) is 5.48. The van der Waals surface area contributed by atoms with Gasteiger partial charge in [-0.2, -0.15) is 5.26 Å². The van der Waals surface area contributed by atoms with Crippen molar-refractivity contribution in [3.8, 4) is 6.07 Å². The summed E-state index contributed by atoms with van der Waals surface area (Å²) in [4.78, 5) is 22.9. The van der Waals surface area contributed by atoms with Crippen LogP contribution in [-0.4, -0.2) is 18.6 Å². The van der Waals surface area contributed by atoms with Crippen LogP contribution in [0.15, 0.2) is 23.8 Å². The summed E-state index contributed by atoms with van der Waals surface area (Å²) in [6, 6.07) is 7.43. The fraction of sp³-hybridized carbons (Fsp3) is 0.267. The van der Waals surface area contributed by atoms with Crippen LogP contribution >= 0.6 is 0 Å². The number of benzene rings is 1. The monoisotopic (exact) mass is 272 g/mol. The zero-order valence-corrected chi connectivity index (χ0v) is 11.7. The Morgan fingerprint density at radius 1 is 1.40 bits per heavy atom. The molecule has 20 heavy (non-hydrogen) atoms. The van der Waals surface area contributed by atoms with Crippen molar-refractivity contribution < 1.29 is 14.3 Å². The molecule has 0 spiro atoms. The van der Waals surface area contributed by atoms with Gasteiger partial charge in [-0.15, -0.1) is 0 Å². The third-order valence-corrected chi connectivity index (χ3v) is 2.58. The van der Waals surface area contributed by atoms with Crippen LogP contribution in [0.1, 0.15) is 23.6 Å². The average molecular weight is 272 g/mol. The Bertz CT molecular complexity index is 598. The molecule has 1 N–H and O–H groups in total. The number of nitriles is 1. The summed E-state index contributed by atoms with van der Waals surface area (Å²) in [5.41, 5.74) is 2.65. The number of ether oxygens (including phenoxy) is 1. The lowest BCUT2D eigenvalue weighted by Gasteiger charge is -2.05. The molecule has 104 valence electrons. The van der Waals surface area contributed by atoms with E-state index in [2.05, 4.69) is 4.74 Å². The summed E-state index contributed by atoms with van der Waals surface area (Å²) in [5, 5.41) is 11.0. The summed E-state index contributed by atoms with van der Waals surface area (Å²) in [6.45, 7) is 5.62. The second-order valence-electron chi connectivity index (χ2n) is 4.20. The van der Waals surface area contributed by atoms with Crippen molar-refractivity contribution in [1.29, 1.82) is 5.26 Å². The fourth-order valence-electron chi connectivity index (χ4n) is 1.62. The number of imide groups is 1. The fourth-order valence-corrected chi connectivity index (χ4v) is 1.62. The average Bonchev–Trinajstić information content (AvgIpc) is 2.38. The molecule has 5 heteroatoms. The second kappa shape index (κ2) is 7.10. The lowest BCUT2D eigenvalue weighted by atomic mass is 10.0. The molecule has 0 aliphatic carbocycles. The number of amides is 2. The molecule has 0 bridgehead atoms. The first kappa shape index (κ1) is 15.4. The molecule has 0 aliphatic rings. The quantitative estimate of drug-likeness (QED) is 0.677. The lowest BCUT2D eigenvalue weighted by Crippen LogP contribution is -2.31. The molecular weight excluding hydrogens is 256 g/mol. The van der Waals surface area contributed by atoms with Gasteiger partial charge in [-0.05, 0) is 38.0 Å². The van der Waals surface area contributed by atoms with E-state index in [0.717, 1.165) is 16.7 Å². The number of alkyl carbamates (subject to hydrolysis) is 1. The zero-order valence-electron chi connectivity index (χ0n) is 11.7. The molecule has 0 saturated heterocycles. The van der Waals surface area contributed by atoms with E-state index < -0.39 is 12.0 Å². The smallest absolute Gasteiger partial charge is 0.414 e. The van der Waals surface area contributed by atoms with E-state index in [4.69, 9.17) is 5.26 Å². The van der Waals surface area contributed by atoms with Gasteiger partial charge in [0.25, 0.3) is 5.91 Å². The first-order valence-electron chi connectivity index (χ1n) is 6.15. The highest BCUT2D eigenvalue weighted by atomic mass is 16.5. The summed E-state index contributed by atoms with van der Waals surface area (Å²) < 4.78 is 4.59. The Labute approximate surface area is 117 Å². The molecule has 0 radical (unpaired) electrons. The number of hydrogen-bond acceptors (Lipinski definition) is 4. The first-order chi connectivity index (χ1) is 9.47. The van der Waals surface area contributed by atoms with Crippen molar-refractivity contribution in [2.75, 3.05) is 6.61 Å². The van der Waals surface area contributed by atoms with Gasteiger partial charge < -0.3 is 4.74 Å². The molecule has 0 fully saturated rings. The number of rotatable bonds is 3. The summed E-state index contributed by atoms with van der Waals surface area (Å²) in [5.74, 6) is -0.772. The molecule has 0 unspecified atom stereocenters. The molecule has 5 nitrogen and oxygen atoms in total. The Morgan fingerprint density at radius 3 is 2.65 bits per heavy atom. The topological polar surface area (TPSA) is 79.2 Å². The Balaban J connectivity index is 2.95.